The van der Waals surface area contributed by atoms with E-state index in [0.29, 0.717) is 0 Å². The molecular weight excluding hydrogens is 502 g/mol. The third-order valence-corrected chi connectivity index (χ3v) is 6.02. The Hall–Kier alpha value is -5.61. The largest absolute Gasteiger partial charge is 0.456 e. The van der Waals surface area contributed by atoms with Crippen LogP contribution in [0.5, 0.6) is 0 Å². The van der Waals surface area contributed by atoms with Gasteiger partial charge >= 0.3 is 0 Å². The van der Waals surface area contributed by atoms with Crippen LogP contribution in [0.2, 0.25) is 0 Å². The van der Waals surface area contributed by atoms with Crippen molar-refractivity contribution in [2.45, 2.75) is 0 Å². The number of benzene rings is 6. The van der Waals surface area contributed by atoms with E-state index in [4.69, 9.17) is 29.1 Å². The van der Waals surface area contributed by atoms with Crippen molar-refractivity contribution in [1.82, 2.24) is 15.0 Å². The monoisotopic (exact) mass is 547 g/mol. The zero-order valence-corrected chi connectivity index (χ0v) is 20.3. The lowest BCUT2D eigenvalue weighted by Crippen LogP contribution is -2.00. The van der Waals surface area contributed by atoms with Gasteiger partial charge in [-0.2, -0.15) is 0 Å². The molecule has 6 aromatic carbocycles. The highest BCUT2D eigenvalue weighted by Gasteiger charge is 2.16. The summed E-state index contributed by atoms with van der Waals surface area (Å²) < 4.78 is 195. The van der Waals surface area contributed by atoms with Gasteiger partial charge in [0.2, 0.25) is 0 Å². The van der Waals surface area contributed by atoms with E-state index in [1.165, 1.54) is 0 Å². The highest BCUT2D eigenvalue weighted by atomic mass is 16.3. The smallest absolute Gasteiger partial charge is 0.164 e. The summed E-state index contributed by atoms with van der Waals surface area (Å²) in [5.74, 6) is -2.22. The van der Waals surface area contributed by atoms with Gasteiger partial charge in [-0.05, 0) is 34.0 Å². The van der Waals surface area contributed by atoms with Crippen LogP contribution in [0.25, 0.3) is 78.0 Å². The molecule has 0 unspecified atom stereocenters. The van der Waals surface area contributed by atoms with E-state index in [9.17, 15) is 5.48 Å². The first kappa shape index (κ1) is 10.1. The molecule has 2 aromatic heterocycles. The molecule has 0 aliphatic heterocycles. The van der Waals surface area contributed by atoms with Crippen LogP contribution in [-0.4, -0.2) is 15.0 Å². The van der Waals surface area contributed by atoms with Crippen molar-refractivity contribution in [3.8, 4) is 45.3 Å². The fourth-order valence-corrected chi connectivity index (χ4v) is 4.25. The summed E-state index contributed by atoms with van der Waals surface area (Å²) in [4.78, 5) is 12.6. The van der Waals surface area contributed by atoms with Gasteiger partial charge in [0.25, 0.3) is 0 Å². The molecule has 0 bridgehead atoms. The highest BCUT2D eigenvalue weighted by Crippen LogP contribution is 2.40. The molecule has 0 aliphatic carbocycles. The molecule has 0 saturated carbocycles. The Balaban J connectivity index is 1.51. The van der Waals surface area contributed by atoms with Crippen molar-refractivity contribution < 1.29 is 34.6 Å². The van der Waals surface area contributed by atoms with Crippen LogP contribution in [0.3, 0.4) is 0 Å². The molecule has 0 N–H and O–H groups in total. The van der Waals surface area contributed by atoms with E-state index in [1.54, 1.807) is 0 Å². The van der Waals surface area contributed by atoms with Crippen LogP contribution < -0.4 is 0 Å². The predicted molar refractivity (Wildman–Crippen MR) is 166 cm³/mol. The topological polar surface area (TPSA) is 51.8 Å². The normalized spacial score (nSPS) is 18.9. The van der Waals surface area contributed by atoms with Crippen molar-refractivity contribution in [1.29, 1.82) is 0 Å². The Kier molecular flexibility index (Phi) is 2.35. The van der Waals surface area contributed by atoms with Crippen molar-refractivity contribution in [2.75, 3.05) is 0 Å². The molecule has 0 fully saturated rings. The Labute approximate surface area is 267 Å². The molecule has 4 heteroatoms. The number of aromatic nitrogens is 3. The Morgan fingerprint density at radius 2 is 0.976 bits per heavy atom. The Morgan fingerprint density at radius 3 is 1.63 bits per heavy atom. The summed E-state index contributed by atoms with van der Waals surface area (Å²) >= 11 is 0. The lowest BCUT2D eigenvalue weighted by Gasteiger charge is -2.09. The van der Waals surface area contributed by atoms with E-state index >= 15 is 0 Å². The summed E-state index contributed by atoms with van der Waals surface area (Å²) in [6, 6.07) is -15.9. The maximum Gasteiger partial charge on any atom is 0.164 e. The van der Waals surface area contributed by atoms with Gasteiger partial charge in [-0.25, -0.2) is 15.0 Å². The van der Waals surface area contributed by atoms with E-state index in [0.717, 1.165) is 6.07 Å². The quantitative estimate of drug-likeness (QED) is 0.220. The maximum atomic E-state index is 9.28. The van der Waals surface area contributed by atoms with Gasteiger partial charge in [0, 0.05) is 27.5 Å². The van der Waals surface area contributed by atoms with E-state index in [2.05, 4.69) is 15.0 Å². The van der Waals surface area contributed by atoms with Gasteiger partial charge in [0.15, 0.2) is 17.5 Å². The second-order valence-corrected chi connectivity index (χ2v) is 8.39. The first-order valence-corrected chi connectivity index (χ1v) is 11.8. The number of hydrogen-bond donors (Lipinski definition) is 0. The fourth-order valence-electron chi connectivity index (χ4n) is 4.25. The highest BCUT2D eigenvalue weighted by molar-refractivity contribution is 6.22. The summed E-state index contributed by atoms with van der Waals surface area (Å²) in [5, 5.41) is -1.17. The zero-order valence-electron chi connectivity index (χ0n) is 42.3. The molecule has 4 nitrogen and oxygen atoms in total. The van der Waals surface area contributed by atoms with Gasteiger partial charge in [-0.1, -0.05) is 127 Å². The minimum Gasteiger partial charge on any atom is -0.456 e. The average molecular weight is 548 g/mol. The Bertz CT molecular complexity index is 3270. The number of rotatable bonds is 4. The van der Waals surface area contributed by atoms with Crippen LogP contribution in [0.1, 0.15) is 30.2 Å². The van der Waals surface area contributed by atoms with Gasteiger partial charge in [-0.15, -0.1) is 0 Å². The zero-order chi connectivity index (χ0) is 46.3. The molecular formula is C37H23N3O. The summed E-state index contributed by atoms with van der Waals surface area (Å²) in [5.41, 5.74) is -3.72. The van der Waals surface area contributed by atoms with E-state index < -0.39 is 184 Å². The first-order chi connectivity index (χ1) is 29.5. The van der Waals surface area contributed by atoms with Crippen LogP contribution >= 0.6 is 0 Å². The lowest BCUT2D eigenvalue weighted by molar-refractivity contribution is 0.669. The SMILES string of the molecule is [2H]c1cc(-c2c([2H])c([2H])c(-c3nc(-c4c([2H])c([2H])c([2H])c([2H])c4[2H])nc(-c4c([2H])c([2H])c([2H])c([2H])c4[2H])n3)c([2H])c2[2H])c2c(oc3c([2H])c([2H])c4c([2H])c([2H])c([2H])c([2H])c4c32)c1[2H]. The number of furan rings is 1. The summed E-state index contributed by atoms with van der Waals surface area (Å²) in [7, 11) is 0. The summed E-state index contributed by atoms with van der Waals surface area (Å²) in [6.07, 6.45) is 0. The third-order valence-electron chi connectivity index (χ3n) is 6.02. The molecule has 192 valence electrons. The van der Waals surface area contributed by atoms with E-state index in [-0.39, 0.29) is 27.1 Å². The van der Waals surface area contributed by atoms with E-state index in [1.807, 2.05) is 0 Å². The van der Waals surface area contributed by atoms with Gasteiger partial charge in [0.1, 0.15) is 11.2 Å². The Morgan fingerprint density at radius 1 is 0.439 bits per heavy atom. The average Bonchev–Trinajstić information content (AvgIpc) is 3.65. The second-order valence-electron chi connectivity index (χ2n) is 8.39. The summed E-state index contributed by atoms with van der Waals surface area (Å²) in [6.45, 7) is 0. The molecule has 0 saturated heterocycles. The minimum absolute atomic E-state index is 0.235. The van der Waals surface area contributed by atoms with Gasteiger partial charge in [-0.3, -0.25) is 0 Å². The molecule has 0 spiro atoms. The van der Waals surface area contributed by atoms with Crippen LogP contribution in [-0.2, 0) is 0 Å². The molecule has 8 aromatic rings. The fraction of sp³-hybridized carbons (Fsp3) is 0. The number of fused-ring (bicyclic) bond motifs is 5. The lowest BCUT2D eigenvalue weighted by atomic mass is 9.96. The van der Waals surface area contributed by atoms with Crippen molar-refractivity contribution in [2.24, 2.45) is 0 Å². The van der Waals surface area contributed by atoms with Crippen LogP contribution in [0.4, 0.5) is 0 Å². The predicted octanol–water partition coefficient (Wildman–Crippen LogP) is 9.59. The first-order valence-electron chi connectivity index (χ1n) is 22.8. The third kappa shape index (κ3) is 4.05. The van der Waals surface area contributed by atoms with Crippen molar-refractivity contribution in [3.63, 3.8) is 0 Å². The number of nitrogens with zero attached hydrogens (tertiary/aromatic N) is 3. The molecule has 0 atom stereocenters. The minimum atomic E-state index is -0.903. The molecule has 8 rings (SSSR count). The molecule has 2 heterocycles. The molecule has 0 radical (unpaired) electrons. The molecule has 0 amide bonds. The van der Waals surface area contributed by atoms with Crippen LogP contribution in [0.15, 0.2) is 143 Å². The maximum absolute atomic E-state index is 9.28. The van der Waals surface area contributed by atoms with Crippen molar-refractivity contribution in [3.05, 3.63) is 139 Å². The van der Waals surface area contributed by atoms with Crippen LogP contribution in [0, 0.1) is 0 Å². The molecule has 0 aliphatic rings. The van der Waals surface area contributed by atoms with Gasteiger partial charge in [0.05, 0.1) is 30.2 Å². The second kappa shape index (κ2) is 9.54. The molecule has 41 heavy (non-hydrogen) atoms. The standard InChI is InChI=1S/C37H23N3O/c1-3-11-26(12-4-1)35-38-36(27-13-5-2-6-14-27)40-37(39-35)28-20-18-25(19-21-28)30-16-9-17-31-33(30)34-29-15-8-7-10-24(29)22-23-32(34)41-31/h1-23H/i1D,2D,3D,4D,5D,6D,7D,8D,9D,10D,11D,12D,13D,14D,15D,17D,18D,19D,20D,21D,22D,23D. The van der Waals surface area contributed by atoms with Crippen molar-refractivity contribution >= 4 is 32.7 Å². The van der Waals surface area contributed by atoms with Gasteiger partial charge < -0.3 is 4.42 Å². The number of hydrogen-bond acceptors (Lipinski definition) is 4.